The molecule has 1 amide bonds. The quantitative estimate of drug-likeness (QED) is 0.0347. The van der Waals surface area contributed by atoms with Crippen molar-refractivity contribution in [3.8, 4) is 0 Å². The normalized spacial score (nSPS) is 13.4. The van der Waals surface area contributed by atoms with Crippen molar-refractivity contribution < 1.29 is 37.9 Å². The molecule has 10 heteroatoms. The van der Waals surface area contributed by atoms with Gasteiger partial charge in [-0.05, 0) is 12.8 Å². The summed E-state index contributed by atoms with van der Waals surface area (Å²) in [4.78, 5) is 33.1. The predicted octanol–water partition coefficient (Wildman–Crippen LogP) is 9.32. The first kappa shape index (κ1) is 44.0. The number of aliphatic hydroxyl groups excluding tert-OH is 1. The lowest BCUT2D eigenvalue weighted by Crippen LogP contribution is -2.27. The summed E-state index contributed by atoms with van der Waals surface area (Å²) < 4.78 is 26.4. The molecule has 0 heterocycles. The second-order valence-corrected chi connectivity index (χ2v) is 14.0. The van der Waals surface area contributed by atoms with E-state index in [0.29, 0.717) is 6.42 Å². The summed E-state index contributed by atoms with van der Waals surface area (Å²) in [5.41, 5.74) is 0. The zero-order valence-corrected chi connectivity index (χ0v) is 30.0. The van der Waals surface area contributed by atoms with E-state index < -0.39 is 26.5 Å². The van der Waals surface area contributed by atoms with Crippen molar-refractivity contribution in [1.29, 1.82) is 0 Å². The highest BCUT2D eigenvalue weighted by molar-refractivity contribution is 7.47. The number of hydrogen-bond donors (Lipinski definition) is 3. The van der Waals surface area contributed by atoms with Crippen molar-refractivity contribution in [3.63, 3.8) is 0 Å². The molecule has 0 aromatic heterocycles. The van der Waals surface area contributed by atoms with Crippen LogP contribution in [0.25, 0.3) is 0 Å². The molecule has 0 aliphatic carbocycles. The Morgan fingerprint density at radius 1 is 0.600 bits per heavy atom. The largest absolute Gasteiger partial charge is 0.472 e. The molecule has 0 aliphatic heterocycles. The smallest absolute Gasteiger partial charge is 0.463 e. The summed E-state index contributed by atoms with van der Waals surface area (Å²) in [5, 5.41) is 12.5. The van der Waals surface area contributed by atoms with Crippen LogP contribution in [0.2, 0.25) is 0 Å². The maximum absolute atomic E-state index is 11.9. The lowest BCUT2D eigenvalue weighted by atomic mass is 10.0. The molecular formula is C35H70NO8P. The molecule has 0 rings (SSSR count). The highest BCUT2D eigenvalue weighted by atomic mass is 31.2. The Kier molecular flexibility index (Phi) is 32.2. The van der Waals surface area contributed by atoms with Crippen LogP contribution >= 0.6 is 7.82 Å². The van der Waals surface area contributed by atoms with E-state index in [4.69, 9.17) is 13.8 Å². The molecule has 9 nitrogen and oxygen atoms in total. The number of amides is 1. The van der Waals surface area contributed by atoms with E-state index in [1.807, 2.05) is 6.92 Å². The summed E-state index contributed by atoms with van der Waals surface area (Å²) in [7, 11) is -4.38. The second kappa shape index (κ2) is 32.9. The number of hydrogen-bond acceptors (Lipinski definition) is 7. The molecule has 2 unspecified atom stereocenters. The highest BCUT2D eigenvalue weighted by Gasteiger charge is 2.23. The van der Waals surface area contributed by atoms with E-state index >= 15 is 0 Å². The molecule has 0 saturated carbocycles. The first-order valence-corrected chi connectivity index (χ1v) is 20.0. The molecule has 0 saturated heterocycles. The van der Waals surface area contributed by atoms with Gasteiger partial charge in [0, 0.05) is 19.4 Å². The topological polar surface area (TPSA) is 131 Å². The summed E-state index contributed by atoms with van der Waals surface area (Å²) in [5.74, 6) is -0.545. The van der Waals surface area contributed by atoms with Gasteiger partial charge in [-0.25, -0.2) is 4.57 Å². The van der Waals surface area contributed by atoms with Gasteiger partial charge in [-0.15, -0.1) is 0 Å². The van der Waals surface area contributed by atoms with Gasteiger partial charge in [0.25, 0.3) is 0 Å². The molecule has 268 valence electrons. The van der Waals surface area contributed by atoms with Gasteiger partial charge in [0.05, 0.1) is 13.2 Å². The van der Waals surface area contributed by atoms with E-state index in [2.05, 4.69) is 12.2 Å². The molecule has 0 aliphatic rings. The number of phosphoric ester groups is 1. The highest BCUT2D eigenvalue weighted by Crippen LogP contribution is 2.42. The van der Waals surface area contributed by atoms with Crippen molar-refractivity contribution in [2.45, 2.75) is 187 Å². The van der Waals surface area contributed by atoms with Crippen molar-refractivity contribution in [1.82, 2.24) is 5.32 Å². The van der Waals surface area contributed by atoms with Gasteiger partial charge in [0.2, 0.25) is 5.91 Å². The minimum Gasteiger partial charge on any atom is -0.463 e. The van der Waals surface area contributed by atoms with Gasteiger partial charge in [-0.3, -0.25) is 18.6 Å². The van der Waals surface area contributed by atoms with Crippen LogP contribution in [0.4, 0.5) is 0 Å². The minimum atomic E-state index is -4.38. The Morgan fingerprint density at radius 2 is 1.02 bits per heavy atom. The van der Waals surface area contributed by atoms with Crippen LogP contribution in [-0.4, -0.2) is 54.3 Å². The van der Waals surface area contributed by atoms with Crippen LogP contribution in [-0.2, 0) is 27.9 Å². The Bertz CT molecular complexity index is 724. The van der Waals surface area contributed by atoms with Crippen molar-refractivity contribution in [3.05, 3.63) is 0 Å². The van der Waals surface area contributed by atoms with E-state index in [1.165, 1.54) is 122 Å². The molecule has 0 spiro atoms. The first-order chi connectivity index (χ1) is 21.8. The monoisotopic (exact) mass is 663 g/mol. The maximum atomic E-state index is 11.9. The minimum absolute atomic E-state index is 0.0796. The third-order valence-electron chi connectivity index (χ3n) is 8.04. The average molecular weight is 664 g/mol. The zero-order chi connectivity index (χ0) is 33.3. The van der Waals surface area contributed by atoms with Crippen molar-refractivity contribution in [2.75, 3.05) is 26.4 Å². The van der Waals surface area contributed by atoms with Crippen LogP contribution in [0.3, 0.4) is 0 Å². The Hall–Kier alpha value is -0.990. The molecule has 0 aromatic carbocycles. The molecule has 0 radical (unpaired) electrons. The Morgan fingerprint density at radius 3 is 1.47 bits per heavy atom. The molecular weight excluding hydrogens is 593 g/mol. The van der Waals surface area contributed by atoms with Gasteiger partial charge >= 0.3 is 13.8 Å². The molecule has 0 bridgehead atoms. The second-order valence-electron chi connectivity index (χ2n) is 12.6. The maximum Gasteiger partial charge on any atom is 0.472 e. The summed E-state index contributed by atoms with van der Waals surface area (Å²) >= 11 is 0. The van der Waals surface area contributed by atoms with E-state index in [0.717, 1.165) is 32.1 Å². The number of carbonyl (C=O) groups excluding carboxylic acids is 2. The summed E-state index contributed by atoms with van der Waals surface area (Å²) in [6.45, 7) is 3.32. The van der Waals surface area contributed by atoms with Crippen molar-refractivity contribution >= 4 is 19.7 Å². The number of rotatable bonds is 35. The summed E-state index contributed by atoms with van der Waals surface area (Å²) in [6, 6.07) is 0. The van der Waals surface area contributed by atoms with Crippen LogP contribution in [0.15, 0.2) is 0 Å². The van der Waals surface area contributed by atoms with E-state index in [-0.39, 0.29) is 32.1 Å². The molecule has 2 atom stereocenters. The van der Waals surface area contributed by atoms with Gasteiger partial charge in [0.15, 0.2) is 0 Å². The molecule has 3 N–H and O–H groups in total. The lowest BCUT2D eigenvalue weighted by molar-refractivity contribution is -0.147. The third kappa shape index (κ3) is 34.2. The number of ether oxygens (including phenoxy) is 1. The fourth-order valence-corrected chi connectivity index (χ4v) is 5.94. The number of nitrogens with one attached hydrogen (secondary N) is 1. The average Bonchev–Trinajstić information content (AvgIpc) is 3.02. The van der Waals surface area contributed by atoms with Gasteiger partial charge < -0.3 is 20.1 Å². The third-order valence-corrected chi connectivity index (χ3v) is 9.02. The number of aliphatic hydroxyl groups is 1. The SMILES string of the molecule is CCCCCCCCCCCCCCCCCCCCCCCCC(=O)OCC(O)COP(=O)(O)OCCNC(=O)CCCC. The van der Waals surface area contributed by atoms with Crippen LogP contribution in [0, 0.1) is 0 Å². The number of unbranched alkanes of at least 4 members (excludes halogenated alkanes) is 22. The fraction of sp³-hybridized carbons (Fsp3) is 0.943. The lowest BCUT2D eigenvalue weighted by Gasteiger charge is -2.15. The molecule has 0 fully saturated rings. The van der Waals surface area contributed by atoms with Crippen LogP contribution < -0.4 is 5.32 Å². The first-order valence-electron chi connectivity index (χ1n) is 18.5. The van der Waals surface area contributed by atoms with Crippen LogP contribution in [0.5, 0.6) is 0 Å². The Balaban J connectivity index is 3.44. The predicted molar refractivity (Wildman–Crippen MR) is 183 cm³/mol. The van der Waals surface area contributed by atoms with E-state index in [1.54, 1.807) is 0 Å². The van der Waals surface area contributed by atoms with E-state index in [9.17, 15) is 24.2 Å². The number of carbonyl (C=O) groups is 2. The Labute approximate surface area is 275 Å². The van der Waals surface area contributed by atoms with Gasteiger partial charge in [0.1, 0.15) is 12.7 Å². The van der Waals surface area contributed by atoms with Crippen LogP contribution in [0.1, 0.15) is 181 Å². The number of esters is 1. The van der Waals surface area contributed by atoms with Gasteiger partial charge in [-0.2, -0.15) is 0 Å². The zero-order valence-electron chi connectivity index (χ0n) is 29.1. The van der Waals surface area contributed by atoms with Crippen molar-refractivity contribution in [2.24, 2.45) is 0 Å². The van der Waals surface area contributed by atoms with Gasteiger partial charge in [-0.1, -0.05) is 155 Å². The molecule has 45 heavy (non-hydrogen) atoms. The number of phosphoric acid groups is 1. The molecule has 0 aromatic rings. The summed E-state index contributed by atoms with van der Waals surface area (Å²) in [6.07, 6.45) is 30.1. The fourth-order valence-electron chi connectivity index (χ4n) is 5.18. The standard InChI is InChI=1S/C35H70NO8P/c1-3-5-7-8-9-10-11-12-13-14-15-16-17-18-19-20-21-22-23-24-25-26-28-35(39)42-31-33(37)32-44-45(40,41)43-30-29-36-34(38)27-6-4-2/h33,37H,3-32H2,1-2H3,(H,36,38)(H,40,41).